The lowest BCUT2D eigenvalue weighted by Crippen LogP contribution is -1.98. The molecule has 0 aliphatic carbocycles. The molecule has 0 saturated heterocycles. The molecule has 1 heterocycles. The smallest absolute Gasteiger partial charge is 0.335 e. The summed E-state index contributed by atoms with van der Waals surface area (Å²) in [5.74, 6) is -0.932. The molecule has 6 rings (SSSR count). The molecule has 0 aliphatic heterocycles. The Morgan fingerprint density at radius 1 is 0.579 bits per heavy atom. The van der Waals surface area contributed by atoms with Crippen LogP contribution in [0.3, 0.4) is 0 Å². The SMILES string of the molecule is C=Cc1ccc(-c2ccc3c(c2)c2cc(-c4ccc(C=C)cc4)ccc2n3-c2ccc(C(=O)O)cc2)cc1. The number of rotatable bonds is 6. The highest BCUT2D eigenvalue weighted by molar-refractivity contribution is 6.11. The molecule has 0 unspecified atom stereocenters. The fourth-order valence-corrected chi connectivity index (χ4v) is 5.04. The van der Waals surface area contributed by atoms with E-state index in [0.29, 0.717) is 0 Å². The van der Waals surface area contributed by atoms with Gasteiger partial charge < -0.3 is 9.67 Å². The van der Waals surface area contributed by atoms with E-state index >= 15 is 0 Å². The average Bonchev–Trinajstić information content (AvgIpc) is 3.30. The summed E-state index contributed by atoms with van der Waals surface area (Å²) in [7, 11) is 0. The van der Waals surface area contributed by atoms with Crippen molar-refractivity contribution in [1.82, 2.24) is 4.57 Å². The Kier molecular flexibility index (Phi) is 5.74. The van der Waals surface area contributed by atoms with Gasteiger partial charge in [0.2, 0.25) is 0 Å². The van der Waals surface area contributed by atoms with Crippen LogP contribution in [0.25, 0.3) is 61.9 Å². The van der Waals surface area contributed by atoms with Gasteiger partial charge in [0.25, 0.3) is 0 Å². The predicted octanol–water partition coefficient (Wildman–Crippen LogP) is 9.10. The van der Waals surface area contributed by atoms with Crippen molar-refractivity contribution in [2.45, 2.75) is 0 Å². The number of carboxylic acids is 1. The number of aromatic nitrogens is 1. The Morgan fingerprint density at radius 3 is 1.39 bits per heavy atom. The molecule has 3 heteroatoms. The largest absolute Gasteiger partial charge is 0.478 e. The van der Waals surface area contributed by atoms with Crippen molar-refractivity contribution < 1.29 is 9.90 Å². The zero-order chi connectivity index (χ0) is 26.2. The van der Waals surface area contributed by atoms with Crippen LogP contribution >= 0.6 is 0 Å². The van der Waals surface area contributed by atoms with Gasteiger partial charge >= 0.3 is 5.97 Å². The molecule has 0 radical (unpaired) electrons. The van der Waals surface area contributed by atoms with Crippen LogP contribution in [0.1, 0.15) is 21.5 Å². The lowest BCUT2D eigenvalue weighted by Gasteiger charge is -2.09. The van der Waals surface area contributed by atoms with E-state index in [9.17, 15) is 9.90 Å². The number of carbonyl (C=O) groups is 1. The van der Waals surface area contributed by atoms with Crippen LogP contribution in [0, 0.1) is 0 Å². The summed E-state index contributed by atoms with van der Waals surface area (Å²) >= 11 is 0. The topological polar surface area (TPSA) is 42.2 Å². The van der Waals surface area contributed by atoms with Crippen LogP contribution in [-0.2, 0) is 0 Å². The van der Waals surface area contributed by atoms with E-state index in [1.54, 1.807) is 12.1 Å². The van der Waals surface area contributed by atoms with Gasteiger partial charge in [-0.25, -0.2) is 4.79 Å². The van der Waals surface area contributed by atoms with Crippen LogP contribution in [-0.4, -0.2) is 15.6 Å². The highest BCUT2D eigenvalue weighted by atomic mass is 16.4. The Bertz CT molecular complexity index is 1730. The minimum absolute atomic E-state index is 0.269. The molecule has 3 nitrogen and oxygen atoms in total. The zero-order valence-corrected chi connectivity index (χ0v) is 20.8. The van der Waals surface area contributed by atoms with Gasteiger partial charge in [-0.15, -0.1) is 0 Å². The van der Waals surface area contributed by atoms with Crippen LogP contribution in [0.4, 0.5) is 0 Å². The quantitative estimate of drug-likeness (QED) is 0.252. The summed E-state index contributed by atoms with van der Waals surface area (Å²) in [5, 5.41) is 11.6. The van der Waals surface area contributed by atoms with Gasteiger partial charge in [0.15, 0.2) is 0 Å². The third-order valence-electron chi connectivity index (χ3n) is 7.10. The van der Waals surface area contributed by atoms with E-state index in [1.165, 1.54) is 0 Å². The minimum atomic E-state index is -0.932. The molecule has 0 bridgehead atoms. The monoisotopic (exact) mass is 491 g/mol. The normalized spacial score (nSPS) is 11.1. The summed E-state index contributed by atoms with van der Waals surface area (Å²) in [6.07, 6.45) is 3.69. The van der Waals surface area contributed by atoms with E-state index in [1.807, 2.05) is 24.3 Å². The lowest BCUT2D eigenvalue weighted by atomic mass is 9.99. The molecule has 0 saturated carbocycles. The fourth-order valence-electron chi connectivity index (χ4n) is 5.04. The molecular formula is C35H25NO2. The van der Waals surface area contributed by atoms with Crippen LogP contribution in [0.2, 0.25) is 0 Å². The second-order valence-corrected chi connectivity index (χ2v) is 9.30. The van der Waals surface area contributed by atoms with Crippen molar-refractivity contribution in [2.24, 2.45) is 0 Å². The van der Waals surface area contributed by atoms with Crippen molar-refractivity contribution >= 4 is 39.9 Å². The van der Waals surface area contributed by atoms with Gasteiger partial charge in [0.05, 0.1) is 16.6 Å². The van der Waals surface area contributed by atoms with E-state index < -0.39 is 5.97 Å². The number of aromatic carboxylic acids is 1. The molecule has 6 aromatic rings. The van der Waals surface area contributed by atoms with Gasteiger partial charge in [0, 0.05) is 16.5 Å². The molecule has 0 fully saturated rings. The molecule has 5 aromatic carbocycles. The van der Waals surface area contributed by atoms with E-state index in [2.05, 4.69) is 103 Å². The number of hydrogen-bond donors (Lipinski definition) is 1. The summed E-state index contributed by atoms with van der Waals surface area (Å²) in [6.45, 7) is 7.72. The van der Waals surface area contributed by atoms with Crippen molar-refractivity contribution in [2.75, 3.05) is 0 Å². The van der Waals surface area contributed by atoms with Gasteiger partial charge in [-0.3, -0.25) is 0 Å². The first-order valence-electron chi connectivity index (χ1n) is 12.4. The zero-order valence-electron chi connectivity index (χ0n) is 20.8. The molecule has 1 aromatic heterocycles. The van der Waals surface area contributed by atoms with Crippen LogP contribution in [0.15, 0.2) is 122 Å². The standard InChI is InChI=1S/C35H25NO2/c1-3-23-5-9-25(10-6-23)28-15-19-33-31(21-28)32-22-29(26-11-7-24(4-2)8-12-26)16-20-34(32)36(33)30-17-13-27(14-18-30)35(37)38/h3-22H,1-2H2,(H,37,38). The minimum Gasteiger partial charge on any atom is -0.478 e. The van der Waals surface area contributed by atoms with Crippen molar-refractivity contribution in [3.8, 4) is 27.9 Å². The van der Waals surface area contributed by atoms with Crippen molar-refractivity contribution in [1.29, 1.82) is 0 Å². The molecule has 1 N–H and O–H groups in total. The van der Waals surface area contributed by atoms with E-state index in [-0.39, 0.29) is 5.56 Å². The summed E-state index contributed by atoms with van der Waals surface area (Å²) in [6, 6.07) is 36.9. The maximum atomic E-state index is 11.4. The van der Waals surface area contributed by atoms with Crippen molar-refractivity contribution in [3.63, 3.8) is 0 Å². The van der Waals surface area contributed by atoms with Crippen molar-refractivity contribution in [3.05, 3.63) is 139 Å². The summed E-state index contributed by atoms with van der Waals surface area (Å²) < 4.78 is 2.20. The molecule has 38 heavy (non-hydrogen) atoms. The first-order valence-corrected chi connectivity index (χ1v) is 12.4. The molecule has 0 amide bonds. The summed E-state index contributed by atoms with van der Waals surface area (Å²) in [4.78, 5) is 11.4. The summed E-state index contributed by atoms with van der Waals surface area (Å²) in [5.41, 5.74) is 10.0. The molecule has 0 atom stereocenters. The van der Waals surface area contributed by atoms with Gasteiger partial charge in [-0.05, 0) is 81.9 Å². The molecular weight excluding hydrogens is 466 g/mol. The fraction of sp³-hybridized carbons (Fsp3) is 0. The number of carboxylic acid groups (broad SMARTS) is 1. The Morgan fingerprint density at radius 2 is 1.00 bits per heavy atom. The maximum absolute atomic E-state index is 11.4. The van der Waals surface area contributed by atoms with Gasteiger partial charge in [0.1, 0.15) is 0 Å². The third kappa shape index (κ3) is 4.00. The lowest BCUT2D eigenvalue weighted by molar-refractivity contribution is 0.0697. The number of fused-ring (bicyclic) bond motifs is 3. The Hall–Kier alpha value is -5.15. The Labute approximate surface area is 221 Å². The van der Waals surface area contributed by atoms with E-state index in [0.717, 1.165) is 60.9 Å². The number of benzene rings is 5. The second-order valence-electron chi connectivity index (χ2n) is 9.30. The number of hydrogen-bond acceptors (Lipinski definition) is 1. The van der Waals surface area contributed by atoms with E-state index in [4.69, 9.17) is 0 Å². The van der Waals surface area contributed by atoms with Crippen LogP contribution in [0.5, 0.6) is 0 Å². The number of nitrogens with zero attached hydrogens (tertiary/aromatic N) is 1. The van der Waals surface area contributed by atoms with Crippen LogP contribution < -0.4 is 0 Å². The molecule has 0 aliphatic rings. The Balaban J connectivity index is 1.58. The maximum Gasteiger partial charge on any atom is 0.335 e. The third-order valence-corrected chi connectivity index (χ3v) is 7.10. The highest BCUT2D eigenvalue weighted by Gasteiger charge is 2.15. The second kappa shape index (κ2) is 9.38. The molecule has 182 valence electrons. The molecule has 0 spiro atoms. The average molecular weight is 492 g/mol. The van der Waals surface area contributed by atoms with Gasteiger partial charge in [-0.2, -0.15) is 0 Å². The highest BCUT2D eigenvalue weighted by Crippen LogP contribution is 2.37. The first kappa shape index (κ1) is 23.3. The van der Waals surface area contributed by atoms with Gasteiger partial charge in [-0.1, -0.05) is 86.0 Å². The predicted molar refractivity (Wildman–Crippen MR) is 159 cm³/mol. The first-order chi connectivity index (χ1) is 18.6.